The summed E-state index contributed by atoms with van der Waals surface area (Å²) in [7, 11) is -3.71. The molecule has 1 aromatic carbocycles. The zero-order valence-electron chi connectivity index (χ0n) is 15.9. The molecule has 10 heteroatoms. The number of rotatable bonds is 5. The molecule has 0 aliphatic carbocycles. The Morgan fingerprint density at radius 3 is 2.52 bits per heavy atom. The number of carbonyl (C=O) groups excluding carboxylic acids is 1. The zero-order chi connectivity index (χ0) is 21.0. The molecule has 1 N–H and O–H groups in total. The number of nitrogens with one attached hydrogen (secondary N) is 1. The fourth-order valence-corrected chi connectivity index (χ4v) is 4.72. The predicted molar refractivity (Wildman–Crippen MR) is 109 cm³/mol. The van der Waals surface area contributed by atoms with E-state index in [0.717, 1.165) is 12.1 Å². The van der Waals surface area contributed by atoms with E-state index in [1.54, 1.807) is 19.1 Å². The lowest BCUT2D eigenvalue weighted by Crippen LogP contribution is -2.44. The van der Waals surface area contributed by atoms with E-state index in [1.807, 2.05) is 4.90 Å². The van der Waals surface area contributed by atoms with Crippen LogP contribution in [0.4, 0.5) is 10.2 Å². The molecule has 1 fully saturated rings. The minimum atomic E-state index is -3.71. The maximum Gasteiger partial charge on any atom is 0.243 e. The lowest BCUT2D eigenvalue weighted by Gasteiger charge is -2.26. The molecule has 0 spiro atoms. The molecule has 2 aromatic rings. The monoisotopic (exact) mass is 440 g/mol. The molecule has 7 nitrogen and oxygen atoms in total. The second-order valence-electron chi connectivity index (χ2n) is 6.77. The van der Waals surface area contributed by atoms with E-state index in [2.05, 4.69) is 10.3 Å². The van der Waals surface area contributed by atoms with Crippen LogP contribution in [0.5, 0.6) is 0 Å². The fraction of sp³-hybridized carbons (Fsp3) is 0.368. The van der Waals surface area contributed by atoms with Crippen molar-refractivity contribution in [2.45, 2.75) is 24.3 Å². The molecule has 0 bridgehead atoms. The van der Waals surface area contributed by atoms with Crippen LogP contribution >= 0.6 is 11.6 Å². The van der Waals surface area contributed by atoms with E-state index in [-0.39, 0.29) is 17.3 Å². The van der Waals surface area contributed by atoms with Crippen LogP contribution in [-0.4, -0.2) is 60.7 Å². The van der Waals surface area contributed by atoms with Crippen molar-refractivity contribution in [3.8, 4) is 0 Å². The van der Waals surface area contributed by atoms with E-state index in [9.17, 15) is 17.6 Å². The summed E-state index contributed by atoms with van der Waals surface area (Å²) in [6.45, 7) is 3.34. The molecule has 156 valence electrons. The van der Waals surface area contributed by atoms with Gasteiger partial charge in [-0.05, 0) is 49.7 Å². The number of hydrogen-bond donors (Lipinski definition) is 1. The van der Waals surface area contributed by atoms with Gasteiger partial charge in [-0.15, -0.1) is 0 Å². The zero-order valence-corrected chi connectivity index (χ0v) is 17.5. The van der Waals surface area contributed by atoms with Crippen LogP contribution in [0, 0.1) is 5.82 Å². The van der Waals surface area contributed by atoms with Gasteiger partial charge >= 0.3 is 0 Å². The molecule has 1 atom stereocenters. The number of nitrogens with zero attached hydrogens (tertiary/aromatic N) is 3. The molecule has 0 radical (unpaired) electrons. The summed E-state index contributed by atoms with van der Waals surface area (Å²) in [6, 6.07) is 7.60. The number of aromatic nitrogens is 1. The molecule has 1 aromatic heterocycles. The summed E-state index contributed by atoms with van der Waals surface area (Å²) >= 11 is 5.80. The Kier molecular flexibility index (Phi) is 6.84. The van der Waals surface area contributed by atoms with E-state index in [0.29, 0.717) is 36.9 Å². The lowest BCUT2D eigenvalue weighted by atomic mass is 10.2. The van der Waals surface area contributed by atoms with Crippen molar-refractivity contribution in [3.05, 3.63) is 53.4 Å². The third-order valence-corrected chi connectivity index (χ3v) is 6.98. The molecule has 2 heterocycles. The van der Waals surface area contributed by atoms with Gasteiger partial charge in [-0.25, -0.2) is 17.8 Å². The number of amides is 1. The van der Waals surface area contributed by atoms with Crippen LogP contribution in [0.15, 0.2) is 47.5 Å². The van der Waals surface area contributed by atoms with Gasteiger partial charge in [0.1, 0.15) is 11.6 Å². The van der Waals surface area contributed by atoms with Crippen molar-refractivity contribution in [2.75, 3.05) is 31.5 Å². The largest absolute Gasteiger partial charge is 0.309 e. The maximum absolute atomic E-state index is 13.1. The fourth-order valence-electron chi connectivity index (χ4n) is 3.14. The number of anilines is 1. The van der Waals surface area contributed by atoms with Crippen LogP contribution in [0.25, 0.3) is 0 Å². The van der Waals surface area contributed by atoms with Gasteiger partial charge in [0.05, 0.1) is 16.0 Å². The van der Waals surface area contributed by atoms with Gasteiger partial charge in [0.2, 0.25) is 15.9 Å². The highest BCUT2D eigenvalue weighted by Crippen LogP contribution is 2.19. The Morgan fingerprint density at radius 1 is 1.14 bits per heavy atom. The Morgan fingerprint density at radius 2 is 1.86 bits per heavy atom. The Hall–Kier alpha value is -2.07. The summed E-state index contributed by atoms with van der Waals surface area (Å²) in [5.74, 6) is -0.308. The smallest absolute Gasteiger partial charge is 0.243 e. The summed E-state index contributed by atoms with van der Waals surface area (Å²) in [4.78, 5) is 18.6. The normalized spacial score (nSPS) is 17.5. The standard InChI is InChI=1S/C19H22ClFN4O3S/c1-14(19(26)23-18-8-3-15(20)13-22-18)24-9-2-10-25(12-11-24)29(27,28)17-6-4-16(21)5-7-17/h3-8,13-14H,2,9-12H2,1H3,(H,22,23,26)/t14-/m0/s1. The summed E-state index contributed by atoms with van der Waals surface area (Å²) < 4.78 is 40.1. The highest BCUT2D eigenvalue weighted by atomic mass is 35.5. The first-order valence-electron chi connectivity index (χ1n) is 9.19. The minimum absolute atomic E-state index is 0.0620. The highest BCUT2D eigenvalue weighted by Gasteiger charge is 2.30. The molecular weight excluding hydrogens is 419 g/mol. The summed E-state index contributed by atoms with van der Waals surface area (Å²) in [5, 5.41) is 3.22. The van der Waals surface area contributed by atoms with Crippen molar-refractivity contribution < 1.29 is 17.6 Å². The molecule has 1 saturated heterocycles. The number of sulfonamides is 1. The van der Waals surface area contributed by atoms with Crippen molar-refractivity contribution in [2.24, 2.45) is 0 Å². The molecule has 1 amide bonds. The quantitative estimate of drug-likeness (QED) is 0.772. The average molecular weight is 441 g/mol. The summed E-state index contributed by atoms with van der Waals surface area (Å²) in [5.41, 5.74) is 0. The van der Waals surface area contributed by atoms with Crippen LogP contribution in [0.2, 0.25) is 5.02 Å². The number of carbonyl (C=O) groups is 1. The summed E-state index contributed by atoms with van der Waals surface area (Å²) in [6.07, 6.45) is 2.03. The number of hydrogen-bond acceptors (Lipinski definition) is 5. The first kappa shape index (κ1) is 21.6. The van der Waals surface area contributed by atoms with Crippen LogP contribution < -0.4 is 5.32 Å². The van der Waals surface area contributed by atoms with Gasteiger partial charge in [0.15, 0.2) is 0 Å². The number of pyridine rings is 1. The first-order chi connectivity index (χ1) is 13.8. The van der Waals surface area contributed by atoms with Gasteiger partial charge in [-0.3, -0.25) is 9.69 Å². The van der Waals surface area contributed by atoms with Crippen molar-refractivity contribution in [1.29, 1.82) is 0 Å². The van der Waals surface area contributed by atoms with Crippen molar-refractivity contribution >= 4 is 33.3 Å². The number of benzene rings is 1. The topological polar surface area (TPSA) is 82.6 Å². The molecule has 29 heavy (non-hydrogen) atoms. The second-order valence-corrected chi connectivity index (χ2v) is 9.15. The SMILES string of the molecule is C[C@@H](C(=O)Nc1ccc(Cl)cn1)N1CCCN(S(=O)(=O)c2ccc(F)cc2)CC1. The highest BCUT2D eigenvalue weighted by molar-refractivity contribution is 7.89. The van der Waals surface area contributed by atoms with Crippen molar-refractivity contribution in [1.82, 2.24) is 14.2 Å². The first-order valence-corrected chi connectivity index (χ1v) is 11.0. The van der Waals surface area contributed by atoms with E-state index >= 15 is 0 Å². The van der Waals surface area contributed by atoms with Gasteiger partial charge in [-0.1, -0.05) is 11.6 Å². The van der Waals surface area contributed by atoms with Gasteiger partial charge < -0.3 is 5.32 Å². The predicted octanol–water partition coefficient (Wildman–Crippen LogP) is 2.60. The Balaban J connectivity index is 1.63. The Bertz CT molecular complexity index is 954. The van der Waals surface area contributed by atoms with Crippen LogP contribution in [0.3, 0.4) is 0 Å². The molecule has 1 aliphatic heterocycles. The molecule has 0 unspecified atom stereocenters. The third-order valence-electron chi connectivity index (χ3n) is 4.85. The lowest BCUT2D eigenvalue weighted by molar-refractivity contribution is -0.120. The minimum Gasteiger partial charge on any atom is -0.309 e. The van der Waals surface area contributed by atoms with E-state index in [1.165, 1.54) is 22.6 Å². The van der Waals surface area contributed by atoms with Gasteiger partial charge in [-0.2, -0.15) is 4.31 Å². The van der Waals surface area contributed by atoms with Gasteiger partial charge in [0.25, 0.3) is 0 Å². The molecular formula is C19H22ClFN4O3S. The van der Waals surface area contributed by atoms with Crippen LogP contribution in [-0.2, 0) is 14.8 Å². The molecule has 0 saturated carbocycles. The van der Waals surface area contributed by atoms with Gasteiger partial charge in [0, 0.05) is 32.4 Å². The molecule has 3 rings (SSSR count). The second kappa shape index (κ2) is 9.17. The van der Waals surface area contributed by atoms with Crippen LogP contribution in [0.1, 0.15) is 13.3 Å². The number of halogens is 2. The third kappa shape index (κ3) is 5.30. The van der Waals surface area contributed by atoms with Crippen molar-refractivity contribution in [3.63, 3.8) is 0 Å². The Labute approximate surface area is 174 Å². The molecule has 1 aliphatic rings. The maximum atomic E-state index is 13.1. The average Bonchev–Trinajstić information content (AvgIpc) is 2.96. The van der Waals surface area contributed by atoms with E-state index < -0.39 is 21.9 Å². The van der Waals surface area contributed by atoms with E-state index in [4.69, 9.17) is 11.6 Å².